The molecule has 0 saturated carbocycles. The molecule has 0 bridgehead atoms. The number of carbonyl (C=O) groups is 2. The zero-order valence-corrected chi connectivity index (χ0v) is 25.7. The number of carbonyl (C=O) groups excluding carboxylic acids is 2. The van der Waals surface area contributed by atoms with E-state index in [4.69, 9.17) is 27.9 Å². The minimum atomic E-state index is -3.68. The molecule has 1 atom stereocenters. The Balaban J connectivity index is 1.92. The Hall–Kier alpha value is -3.27. The van der Waals surface area contributed by atoms with Gasteiger partial charge < -0.3 is 15.0 Å². The fourth-order valence-electron chi connectivity index (χ4n) is 4.52. The first kappa shape index (κ1) is 32.2. The van der Waals surface area contributed by atoms with Gasteiger partial charge in [0.25, 0.3) is 0 Å². The minimum Gasteiger partial charge on any atom is -0.495 e. The fourth-order valence-corrected chi connectivity index (χ4v) is 6.00. The summed E-state index contributed by atoms with van der Waals surface area (Å²) in [5.74, 6) is -0.236. The van der Waals surface area contributed by atoms with Crippen molar-refractivity contribution in [2.75, 3.05) is 30.8 Å². The maximum atomic E-state index is 13.9. The first-order valence-electron chi connectivity index (χ1n) is 13.2. The second-order valence-electron chi connectivity index (χ2n) is 9.43. The van der Waals surface area contributed by atoms with E-state index >= 15 is 0 Å². The largest absolute Gasteiger partial charge is 0.495 e. The van der Waals surface area contributed by atoms with Crippen LogP contribution in [0.25, 0.3) is 0 Å². The molecule has 8 nitrogen and oxygen atoms in total. The van der Waals surface area contributed by atoms with Crippen molar-refractivity contribution < 1.29 is 22.7 Å². The van der Waals surface area contributed by atoms with Gasteiger partial charge in [0.15, 0.2) is 0 Å². The molecule has 3 aromatic rings. The summed E-state index contributed by atoms with van der Waals surface area (Å²) in [6, 6.07) is 20.4. The summed E-state index contributed by atoms with van der Waals surface area (Å²) in [5, 5.41) is 3.60. The van der Waals surface area contributed by atoms with Gasteiger partial charge in [-0.2, -0.15) is 0 Å². The van der Waals surface area contributed by atoms with E-state index in [1.54, 1.807) is 42.5 Å². The van der Waals surface area contributed by atoms with Gasteiger partial charge in [0.05, 0.1) is 19.1 Å². The molecule has 0 spiro atoms. The molecule has 0 saturated heterocycles. The van der Waals surface area contributed by atoms with Gasteiger partial charge in [-0.15, -0.1) is 0 Å². The van der Waals surface area contributed by atoms with Crippen LogP contribution >= 0.6 is 23.2 Å². The monoisotopic (exact) mass is 619 g/mol. The normalized spacial score (nSPS) is 11.9. The molecule has 0 aliphatic heterocycles. The van der Waals surface area contributed by atoms with Crippen LogP contribution < -0.4 is 14.4 Å². The van der Waals surface area contributed by atoms with Crippen molar-refractivity contribution in [1.29, 1.82) is 0 Å². The summed E-state index contributed by atoms with van der Waals surface area (Å²) in [7, 11) is -2.21. The van der Waals surface area contributed by atoms with E-state index in [9.17, 15) is 18.0 Å². The number of rotatable bonds is 14. The first-order valence-corrected chi connectivity index (χ1v) is 15.8. The number of methoxy groups -OCH3 is 1. The molecular weight excluding hydrogens is 585 g/mol. The van der Waals surface area contributed by atoms with Gasteiger partial charge in [-0.25, -0.2) is 8.42 Å². The van der Waals surface area contributed by atoms with E-state index in [-0.39, 0.29) is 44.2 Å². The van der Waals surface area contributed by atoms with Gasteiger partial charge in [0.2, 0.25) is 21.8 Å². The molecule has 0 fully saturated rings. The van der Waals surface area contributed by atoms with Gasteiger partial charge in [-0.05, 0) is 43.2 Å². The Bertz CT molecular complexity index is 1420. The summed E-state index contributed by atoms with van der Waals surface area (Å²) in [6.07, 6.45) is 1.56. The smallest absolute Gasteiger partial charge is 0.243 e. The second kappa shape index (κ2) is 15.1. The van der Waals surface area contributed by atoms with Crippen LogP contribution in [0, 0.1) is 0 Å². The van der Waals surface area contributed by atoms with Crippen molar-refractivity contribution in [2.45, 2.75) is 38.8 Å². The van der Waals surface area contributed by atoms with Gasteiger partial charge in [-0.3, -0.25) is 13.9 Å². The first-order chi connectivity index (χ1) is 19.6. The Morgan fingerprint density at radius 3 is 2.20 bits per heavy atom. The number of likely N-dealkylation sites (N-methyl/N-ethyl adjacent to an activating group) is 1. The number of amides is 2. The van der Waals surface area contributed by atoms with Crippen molar-refractivity contribution in [2.24, 2.45) is 0 Å². The van der Waals surface area contributed by atoms with E-state index in [0.29, 0.717) is 33.6 Å². The fraction of sp³-hybridized carbons (Fsp3) is 0.333. The molecule has 3 rings (SSSR count). The third kappa shape index (κ3) is 8.86. The zero-order valence-electron chi connectivity index (χ0n) is 23.3. The number of halogens is 2. The van der Waals surface area contributed by atoms with Crippen LogP contribution in [0.3, 0.4) is 0 Å². The third-order valence-electron chi connectivity index (χ3n) is 6.52. The van der Waals surface area contributed by atoms with Crippen molar-refractivity contribution in [1.82, 2.24) is 10.2 Å². The van der Waals surface area contributed by atoms with Gasteiger partial charge >= 0.3 is 0 Å². The highest BCUT2D eigenvalue weighted by Crippen LogP contribution is 2.30. The number of anilines is 1. The molecule has 3 aromatic carbocycles. The molecule has 0 aliphatic carbocycles. The van der Waals surface area contributed by atoms with E-state index in [2.05, 4.69) is 5.32 Å². The summed E-state index contributed by atoms with van der Waals surface area (Å²) >= 11 is 12.9. The molecule has 0 heterocycles. The van der Waals surface area contributed by atoms with Crippen LogP contribution in [0.5, 0.6) is 5.75 Å². The zero-order chi connectivity index (χ0) is 30.0. The van der Waals surface area contributed by atoms with Gasteiger partial charge in [0, 0.05) is 48.1 Å². The molecule has 2 amide bonds. The lowest BCUT2D eigenvalue weighted by atomic mass is 10.0. The number of sulfonamides is 1. The van der Waals surface area contributed by atoms with Crippen molar-refractivity contribution in [3.8, 4) is 5.75 Å². The minimum absolute atomic E-state index is 0.00821. The van der Waals surface area contributed by atoms with Crippen LogP contribution in [-0.4, -0.2) is 57.6 Å². The average Bonchev–Trinajstić information content (AvgIpc) is 2.94. The molecule has 220 valence electrons. The summed E-state index contributed by atoms with van der Waals surface area (Å²) in [5.41, 5.74) is 1.79. The summed E-state index contributed by atoms with van der Waals surface area (Å²) < 4.78 is 32.0. The lowest BCUT2D eigenvalue weighted by Crippen LogP contribution is -2.50. The number of hydrogen-bond acceptors (Lipinski definition) is 5. The Morgan fingerprint density at radius 2 is 1.59 bits per heavy atom. The van der Waals surface area contributed by atoms with E-state index in [0.717, 1.165) is 11.8 Å². The van der Waals surface area contributed by atoms with Gasteiger partial charge in [-0.1, -0.05) is 71.7 Å². The third-order valence-corrected chi connectivity index (χ3v) is 8.41. The Morgan fingerprint density at radius 1 is 0.951 bits per heavy atom. The second-order valence-corrected chi connectivity index (χ2v) is 12.2. The highest BCUT2D eigenvalue weighted by atomic mass is 35.5. The molecule has 0 aromatic heterocycles. The molecule has 1 N–H and O–H groups in total. The molecule has 0 unspecified atom stereocenters. The summed E-state index contributed by atoms with van der Waals surface area (Å²) in [6.45, 7) is 2.25. The highest BCUT2D eigenvalue weighted by molar-refractivity contribution is 7.92. The average molecular weight is 621 g/mol. The van der Waals surface area contributed by atoms with Crippen molar-refractivity contribution >= 4 is 50.7 Å². The van der Waals surface area contributed by atoms with E-state index < -0.39 is 16.1 Å². The molecule has 41 heavy (non-hydrogen) atoms. The van der Waals surface area contributed by atoms with Crippen molar-refractivity contribution in [3.63, 3.8) is 0 Å². The van der Waals surface area contributed by atoms with Crippen molar-refractivity contribution in [3.05, 3.63) is 94.0 Å². The highest BCUT2D eigenvalue weighted by Gasteiger charge is 2.31. The number of benzene rings is 3. The lowest BCUT2D eigenvalue weighted by molar-refractivity contribution is -0.141. The van der Waals surface area contributed by atoms with Crippen LogP contribution in [-0.2, 0) is 32.6 Å². The maximum absolute atomic E-state index is 13.9. The number of hydrogen-bond donors (Lipinski definition) is 1. The molecular formula is C30H35Cl2N3O5S. The Labute approximate surface area is 252 Å². The topological polar surface area (TPSA) is 96.0 Å². The predicted octanol–water partition coefficient (Wildman–Crippen LogP) is 5.32. The number of ether oxygens (including phenoxy) is 1. The lowest BCUT2D eigenvalue weighted by Gasteiger charge is -2.32. The molecule has 0 radical (unpaired) electrons. The number of nitrogens with zero attached hydrogens (tertiary/aromatic N) is 2. The SMILES string of the molecule is CCNC(=O)[C@H](Cc1ccccc1)N(Cc1c(Cl)cccc1Cl)C(=O)CCCN(c1ccccc1OC)S(C)(=O)=O. The molecule has 11 heteroatoms. The predicted molar refractivity (Wildman–Crippen MR) is 164 cm³/mol. The Kier molecular flexibility index (Phi) is 11.9. The van der Waals surface area contributed by atoms with Crippen LogP contribution in [0.15, 0.2) is 72.8 Å². The van der Waals surface area contributed by atoms with Crippen LogP contribution in [0.4, 0.5) is 5.69 Å². The maximum Gasteiger partial charge on any atom is 0.243 e. The summed E-state index contributed by atoms with van der Waals surface area (Å²) in [4.78, 5) is 28.7. The molecule has 0 aliphatic rings. The number of para-hydroxylation sites is 2. The van der Waals surface area contributed by atoms with E-state index in [1.807, 2.05) is 37.3 Å². The standard InChI is InChI=1S/C30H35Cl2N3O5S/c1-4-33-30(37)27(20-22-12-6-5-7-13-22)34(21-23-24(31)14-10-15-25(23)32)29(36)18-11-19-35(41(3,38)39)26-16-8-9-17-28(26)40-2/h5-10,12-17,27H,4,11,18-21H2,1-3H3,(H,33,37)/t27-/m0/s1. The van der Waals surface area contributed by atoms with Gasteiger partial charge in [0.1, 0.15) is 11.8 Å². The quantitative estimate of drug-likeness (QED) is 0.263. The number of nitrogens with one attached hydrogen (secondary N) is 1. The van der Waals surface area contributed by atoms with E-state index in [1.165, 1.54) is 16.3 Å². The van der Waals surface area contributed by atoms with Crippen LogP contribution in [0.1, 0.15) is 30.9 Å². The van der Waals surface area contributed by atoms with Crippen LogP contribution in [0.2, 0.25) is 10.0 Å².